The maximum absolute atomic E-state index is 16.5. The molecule has 58 heavy (non-hydrogen) atoms. The van der Waals surface area contributed by atoms with Crippen LogP contribution in [0.2, 0.25) is 18.6 Å². The van der Waals surface area contributed by atoms with E-state index in [0.29, 0.717) is 73.8 Å². The Balaban J connectivity index is 1.21. The summed E-state index contributed by atoms with van der Waals surface area (Å²) < 4.78 is 36.6. The summed E-state index contributed by atoms with van der Waals surface area (Å²) in [6.45, 7) is 8.99. The van der Waals surface area contributed by atoms with Crippen molar-refractivity contribution in [1.82, 2.24) is 20.3 Å². The first kappa shape index (κ1) is 41.5. The van der Waals surface area contributed by atoms with Gasteiger partial charge in [-0.2, -0.15) is 0 Å². The molecule has 4 heterocycles. The molecule has 310 valence electrons. The van der Waals surface area contributed by atoms with Crippen molar-refractivity contribution < 1.29 is 38.1 Å². The molecule has 15 heteroatoms. The normalized spacial score (nSPS) is 22.8. The minimum absolute atomic E-state index is 0.0370. The van der Waals surface area contributed by atoms with Crippen LogP contribution in [0.5, 0.6) is 11.5 Å². The van der Waals surface area contributed by atoms with E-state index >= 15 is 8.90 Å². The van der Waals surface area contributed by atoms with Gasteiger partial charge in [0, 0.05) is 55.1 Å². The number of halogens is 1. The Labute approximate surface area is 340 Å². The van der Waals surface area contributed by atoms with Crippen molar-refractivity contribution in [2.45, 2.75) is 95.4 Å². The minimum atomic E-state index is -3.41. The van der Waals surface area contributed by atoms with Gasteiger partial charge in [0.05, 0.1) is 49.5 Å². The summed E-state index contributed by atoms with van der Waals surface area (Å²) in [7, 11) is -1.84. The maximum atomic E-state index is 16.5. The minimum Gasteiger partial charge on any atom is -0.497 e. The van der Waals surface area contributed by atoms with E-state index in [-0.39, 0.29) is 31.6 Å². The molecule has 2 amide bonds. The molecule has 0 radical (unpaired) electrons. The van der Waals surface area contributed by atoms with Crippen LogP contribution in [-0.2, 0) is 45.9 Å². The third-order valence-electron chi connectivity index (χ3n) is 11.8. The van der Waals surface area contributed by atoms with E-state index in [0.717, 1.165) is 29.0 Å². The second-order valence-corrected chi connectivity index (χ2v) is 19.8. The Hall–Kier alpha value is -4.67. The van der Waals surface area contributed by atoms with E-state index in [9.17, 15) is 15.0 Å². The lowest BCUT2D eigenvalue weighted by Crippen LogP contribution is -2.49. The summed E-state index contributed by atoms with van der Waals surface area (Å²) in [5, 5.41) is 30.4. The molecule has 3 aromatic carbocycles. The van der Waals surface area contributed by atoms with Gasteiger partial charge in [-0.3, -0.25) is 19.2 Å². The molecule has 1 aromatic heterocycles. The summed E-state index contributed by atoms with van der Waals surface area (Å²) in [6, 6.07) is 18.5. The van der Waals surface area contributed by atoms with Gasteiger partial charge >= 0.3 is 0 Å². The van der Waals surface area contributed by atoms with Gasteiger partial charge in [-0.25, -0.2) is 0 Å². The number of anilines is 3. The third kappa shape index (κ3) is 7.89. The molecule has 1 saturated heterocycles. The van der Waals surface area contributed by atoms with Gasteiger partial charge < -0.3 is 38.7 Å². The van der Waals surface area contributed by atoms with Crippen LogP contribution in [0.3, 0.4) is 0 Å². The lowest BCUT2D eigenvalue weighted by molar-refractivity contribution is -0.146. The lowest BCUT2D eigenvalue weighted by atomic mass is 9.82. The van der Waals surface area contributed by atoms with Crippen LogP contribution < -0.4 is 24.6 Å². The smallest absolute Gasteiger partial charge is 0.264 e. The Kier molecular flexibility index (Phi) is 12.4. The molecule has 0 saturated carbocycles. The molecule has 3 N–H and O–H groups in total. The van der Waals surface area contributed by atoms with Crippen LogP contribution in [-0.4, -0.2) is 91.0 Å². The number of aromatic nitrogens is 3. The van der Waals surface area contributed by atoms with Gasteiger partial charge in [-0.15, -0.1) is 5.10 Å². The Morgan fingerprint density at radius 2 is 1.83 bits per heavy atom. The average Bonchev–Trinajstić information content (AvgIpc) is 3.85. The van der Waals surface area contributed by atoms with Crippen molar-refractivity contribution >= 4 is 37.3 Å². The molecule has 0 aliphatic carbocycles. The van der Waals surface area contributed by atoms with Gasteiger partial charge in [0.15, 0.2) is 5.60 Å². The number of ether oxygens (including phenoxy) is 3. The maximum Gasteiger partial charge on any atom is 0.264 e. The molecule has 1 unspecified atom stereocenters. The van der Waals surface area contributed by atoms with Crippen molar-refractivity contribution in [2.75, 3.05) is 43.3 Å². The number of amides is 2. The second kappa shape index (κ2) is 17.3. The van der Waals surface area contributed by atoms with E-state index in [1.54, 1.807) is 40.9 Å². The Morgan fingerprint density at radius 1 is 1.03 bits per heavy atom. The number of unbranched alkanes of at least 4 members (excludes halogenated alkanes) is 1. The lowest BCUT2D eigenvalue weighted by Gasteiger charge is -2.35. The van der Waals surface area contributed by atoms with E-state index in [1.165, 1.54) is 0 Å². The van der Waals surface area contributed by atoms with Crippen molar-refractivity contribution in [3.8, 4) is 11.5 Å². The number of hydrogen-bond donors (Lipinski definition) is 3. The van der Waals surface area contributed by atoms with E-state index in [2.05, 4.69) is 15.6 Å². The molecule has 1 spiro atoms. The SMILES string of the molecule is CCOc1ccc2c(c1)CC(NCCCCO)C(=O)N2c1cccc(CN2C(=O)[C@]3(O[C@H](CCn4cc(CCO)nn4)[C@@H]([Si](C)(C)F)[C@@H]3C)c3cc(OC)ccc32)c1. The summed E-state index contributed by atoms with van der Waals surface area (Å²) in [5.74, 6) is 0.448. The summed E-state index contributed by atoms with van der Waals surface area (Å²) in [6.07, 6.45) is 3.89. The largest absolute Gasteiger partial charge is 0.497 e. The topological polar surface area (TPSA) is 152 Å². The first-order valence-electron chi connectivity index (χ1n) is 20.3. The standard InChI is InChI=1S/C43H55FN6O7Si/c1-6-56-34-13-14-37-30(23-34)24-36(45-18-7-8-20-51)41(53)50(37)32-11-9-10-29(22-32)26-49-38-15-12-33(55-3)25-35(38)43(42(49)54)28(2)40(58(4,5)44)39(57-43)16-19-48-27-31(17-21-52)46-47-48/h9-15,22-23,25,27-28,36,39-40,45,51-52H,6-8,16-21,24,26H2,1-5H3/t28-,36?,39+,40-,43+/m0/s1. The van der Waals surface area contributed by atoms with Crippen molar-refractivity contribution in [2.24, 2.45) is 5.92 Å². The number of carbonyl (C=O) groups excluding carboxylic acids is 2. The highest BCUT2D eigenvalue weighted by Crippen LogP contribution is 2.60. The molecule has 13 nitrogen and oxygen atoms in total. The van der Waals surface area contributed by atoms with Crippen LogP contribution in [0.15, 0.2) is 66.9 Å². The molecule has 5 atom stereocenters. The first-order valence-corrected chi connectivity index (χ1v) is 23.3. The number of aryl methyl sites for hydroxylation is 1. The zero-order valence-electron chi connectivity index (χ0n) is 34.0. The number of rotatable bonds is 17. The van der Waals surface area contributed by atoms with Crippen molar-refractivity contribution in [1.29, 1.82) is 0 Å². The fraction of sp³-hybridized carbons (Fsp3) is 0.488. The molecular formula is C43H55FN6O7Si. The number of aliphatic hydroxyl groups is 2. The fourth-order valence-corrected chi connectivity index (χ4v) is 11.8. The molecule has 1 fully saturated rings. The van der Waals surface area contributed by atoms with Gasteiger partial charge in [0.2, 0.25) is 14.3 Å². The van der Waals surface area contributed by atoms with Crippen molar-refractivity contribution in [3.63, 3.8) is 0 Å². The predicted molar refractivity (Wildman–Crippen MR) is 221 cm³/mol. The Morgan fingerprint density at radius 3 is 2.57 bits per heavy atom. The number of nitrogens with zero attached hydrogens (tertiary/aromatic N) is 5. The molecule has 7 rings (SSSR count). The quantitative estimate of drug-likeness (QED) is 0.0700. The van der Waals surface area contributed by atoms with Gasteiger partial charge in [0.1, 0.15) is 11.5 Å². The molecule has 4 aromatic rings. The number of benzene rings is 3. The Bertz CT molecular complexity index is 2110. The second-order valence-electron chi connectivity index (χ2n) is 16.0. The zero-order valence-corrected chi connectivity index (χ0v) is 35.0. The zero-order chi connectivity index (χ0) is 41.2. The number of carbonyl (C=O) groups is 2. The van der Waals surface area contributed by atoms with Gasteiger partial charge in [-0.05, 0) is 112 Å². The summed E-state index contributed by atoms with van der Waals surface area (Å²) >= 11 is 0. The fourth-order valence-electron chi connectivity index (χ4n) is 9.21. The number of nitrogens with one attached hydrogen (secondary N) is 1. The molecular weight excluding hydrogens is 760 g/mol. The summed E-state index contributed by atoms with van der Waals surface area (Å²) in [5.41, 5.74) is 3.23. The van der Waals surface area contributed by atoms with Gasteiger partial charge in [0.25, 0.3) is 5.91 Å². The number of methoxy groups -OCH3 is 1. The van der Waals surface area contributed by atoms with Crippen LogP contribution in [0.4, 0.5) is 21.2 Å². The highest BCUT2D eigenvalue weighted by atomic mass is 28.4. The van der Waals surface area contributed by atoms with Crippen LogP contribution in [0, 0.1) is 5.92 Å². The number of aliphatic hydroxyl groups excluding tert-OH is 2. The highest BCUT2D eigenvalue weighted by Gasteiger charge is 2.66. The van der Waals surface area contributed by atoms with Crippen LogP contribution >= 0.6 is 0 Å². The number of fused-ring (bicyclic) bond motifs is 3. The highest BCUT2D eigenvalue weighted by molar-refractivity contribution is 6.72. The predicted octanol–water partition coefficient (Wildman–Crippen LogP) is 5.58. The molecule has 3 aliphatic heterocycles. The molecule has 0 bridgehead atoms. The van der Waals surface area contributed by atoms with E-state index in [4.69, 9.17) is 14.2 Å². The molecule has 3 aliphatic rings. The van der Waals surface area contributed by atoms with E-state index < -0.39 is 37.6 Å². The van der Waals surface area contributed by atoms with Gasteiger partial charge in [-0.1, -0.05) is 24.3 Å². The average molecular weight is 815 g/mol. The summed E-state index contributed by atoms with van der Waals surface area (Å²) in [4.78, 5) is 32.9. The van der Waals surface area contributed by atoms with Crippen LogP contribution in [0.25, 0.3) is 0 Å². The third-order valence-corrected chi connectivity index (χ3v) is 14.3. The monoisotopic (exact) mass is 814 g/mol. The van der Waals surface area contributed by atoms with E-state index in [1.807, 2.05) is 74.5 Å². The van der Waals surface area contributed by atoms with Crippen LogP contribution in [0.1, 0.15) is 55.5 Å². The number of hydrogen-bond acceptors (Lipinski definition) is 10. The first-order chi connectivity index (χ1) is 27.9. The van der Waals surface area contributed by atoms with Crippen molar-refractivity contribution in [3.05, 3.63) is 89.2 Å².